The second kappa shape index (κ2) is 38.9. The minimum Gasteiger partial charge on any atom is -0.480 e. The molecule has 0 heterocycles. The molecule has 6 heteroatoms. The van der Waals surface area contributed by atoms with Crippen LogP contribution in [0.15, 0.2) is 60.8 Å². The van der Waals surface area contributed by atoms with Crippen LogP contribution in [-0.2, 0) is 19.1 Å². The number of carbonyl (C=O) groups is 3. The predicted molar refractivity (Wildman–Crippen MR) is 212 cm³/mol. The average Bonchev–Trinajstić information content (AvgIpc) is 3.10. The summed E-state index contributed by atoms with van der Waals surface area (Å²) in [6, 6.07) is 0. The predicted octanol–water partition coefficient (Wildman–Crippen LogP) is 12.5. The lowest BCUT2D eigenvalue weighted by molar-refractivity contribution is -0.149. The van der Waals surface area contributed by atoms with Crippen molar-refractivity contribution in [3.8, 4) is 0 Å². The highest BCUT2D eigenvalue weighted by atomic mass is 16.5. The van der Waals surface area contributed by atoms with E-state index < -0.39 is 5.97 Å². The van der Waals surface area contributed by atoms with Crippen LogP contribution < -0.4 is 5.32 Å². The number of carboxylic acid groups (broad SMARTS) is 1. The lowest BCUT2D eigenvalue weighted by Gasteiger charge is -2.18. The molecule has 1 atom stereocenters. The number of aliphatic carboxylic acids is 1. The van der Waals surface area contributed by atoms with Crippen molar-refractivity contribution in [2.45, 2.75) is 193 Å². The molecular weight excluding hydrogens is 622 g/mol. The molecule has 0 saturated carbocycles. The molecule has 0 aliphatic rings. The Morgan fingerprint density at radius 1 is 0.540 bits per heavy atom. The van der Waals surface area contributed by atoms with Crippen LogP contribution in [0.4, 0.5) is 0 Å². The number of hydrogen-bond donors (Lipinski definition) is 2. The van der Waals surface area contributed by atoms with Gasteiger partial charge in [-0.25, -0.2) is 0 Å². The second-order valence-corrected chi connectivity index (χ2v) is 13.5. The van der Waals surface area contributed by atoms with E-state index in [0.717, 1.165) is 89.9 Å². The van der Waals surface area contributed by atoms with Gasteiger partial charge in [0, 0.05) is 12.8 Å². The zero-order valence-electron chi connectivity index (χ0n) is 32.2. The summed E-state index contributed by atoms with van der Waals surface area (Å²) >= 11 is 0. The first-order valence-corrected chi connectivity index (χ1v) is 20.4. The Morgan fingerprint density at radius 2 is 1.00 bits per heavy atom. The minimum absolute atomic E-state index is 0.0285. The zero-order chi connectivity index (χ0) is 36.6. The Morgan fingerprint density at radius 3 is 1.56 bits per heavy atom. The Kier molecular flexibility index (Phi) is 36.7. The normalized spacial score (nSPS) is 12.7. The summed E-state index contributed by atoms with van der Waals surface area (Å²) in [5.41, 5.74) is 0. The molecular formula is C44H75NO5. The summed E-state index contributed by atoms with van der Waals surface area (Å²) in [4.78, 5) is 34.9. The SMILES string of the molecule is CC/C=C\C/C=C\C/C=C\C/C=C\CCC(=O)OC(CCCCC/C=C\CCCCCCCCCC)CCCCCCCC(=O)NCC(=O)O. The number of unbranched alkanes of at least 4 members (excludes halogenated alkanes) is 15. The molecule has 0 rings (SSSR count). The molecule has 0 aromatic rings. The van der Waals surface area contributed by atoms with E-state index in [9.17, 15) is 14.4 Å². The van der Waals surface area contributed by atoms with Crippen LogP contribution in [0.2, 0.25) is 0 Å². The van der Waals surface area contributed by atoms with Gasteiger partial charge < -0.3 is 15.2 Å². The Labute approximate surface area is 307 Å². The van der Waals surface area contributed by atoms with E-state index in [4.69, 9.17) is 9.84 Å². The van der Waals surface area contributed by atoms with Crippen LogP contribution in [0.1, 0.15) is 187 Å². The number of carboxylic acids is 1. The van der Waals surface area contributed by atoms with E-state index in [1.165, 1.54) is 64.2 Å². The highest BCUT2D eigenvalue weighted by Crippen LogP contribution is 2.18. The summed E-state index contributed by atoms with van der Waals surface area (Å²) in [7, 11) is 0. The molecule has 1 amide bonds. The fourth-order valence-electron chi connectivity index (χ4n) is 5.70. The van der Waals surface area contributed by atoms with Crippen molar-refractivity contribution in [3.63, 3.8) is 0 Å². The van der Waals surface area contributed by atoms with Gasteiger partial charge in [0.05, 0.1) is 0 Å². The Balaban J connectivity index is 4.34. The molecule has 0 radical (unpaired) electrons. The first-order chi connectivity index (χ1) is 24.5. The highest BCUT2D eigenvalue weighted by molar-refractivity contribution is 5.80. The van der Waals surface area contributed by atoms with Gasteiger partial charge in [-0.2, -0.15) is 0 Å². The molecule has 0 aromatic heterocycles. The van der Waals surface area contributed by atoms with Crippen molar-refractivity contribution in [1.82, 2.24) is 5.32 Å². The smallest absolute Gasteiger partial charge is 0.322 e. The van der Waals surface area contributed by atoms with E-state index in [0.29, 0.717) is 19.3 Å². The van der Waals surface area contributed by atoms with Gasteiger partial charge in [-0.15, -0.1) is 0 Å². The quantitative estimate of drug-likeness (QED) is 0.0386. The summed E-state index contributed by atoms with van der Waals surface area (Å²) in [6.45, 7) is 4.09. The number of esters is 1. The lowest BCUT2D eigenvalue weighted by atomic mass is 10.0. The molecule has 0 aliphatic carbocycles. The molecule has 0 aromatic carbocycles. The van der Waals surface area contributed by atoms with E-state index in [-0.39, 0.29) is 24.5 Å². The van der Waals surface area contributed by atoms with Crippen molar-refractivity contribution < 1.29 is 24.2 Å². The summed E-state index contributed by atoms with van der Waals surface area (Å²) in [5, 5.41) is 11.1. The summed E-state index contributed by atoms with van der Waals surface area (Å²) in [5.74, 6) is -1.33. The van der Waals surface area contributed by atoms with Gasteiger partial charge in [0.15, 0.2) is 0 Å². The third kappa shape index (κ3) is 37.9. The van der Waals surface area contributed by atoms with Crippen LogP contribution >= 0.6 is 0 Å². The van der Waals surface area contributed by atoms with Crippen LogP contribution in [0, 0.1) is 0 Å². The van der Waals surface area contributed by atoms with Crippen LogP contribution in [-0.4, -0.2) is 35.6 Å². The third-order valence-electron chi connectivity index (χ3n) is 8.69. The maximum atomic E-state index is 12.7. The molecule has 0 spiro atoms. The average molecular weight is 698 g/mol. The van der Waals surface area contributed by atoms with Crippen molar-refractivity contribution >= 4 is 17.8 Å². The molecule has 1 unspecified atom stereocenters. The van der Waals surface area contributed by atoms with E-state index >= 15 is 0 Å². The van der Waals surface area contributed by atoms with Crippen LogP contribution in [0.3, 0.4) is 0 Å². The van der Waals surface area contributed by atoms with Gasteiger partial charge in [-0.1, -0.05) is 145 Å². The largest absolute Gasteiger partial charge is 0.480 e. The minimum atomic E-state index is -1.02. The molecule has 0 saturated heterocycles. The number of ether oxygens (including phenoxy) is 1. The van der Waals surface area contributed by atoms with E-state index in [1.807, 2.05) is 0 Å². The van der Waals surface area contributed by atoms with Crippen molar-refractivity contribution in [2.75, 3.05) is 6.54 Å². The monoisotopic (exact) mass is 698 g/mol. The zero-order valence-corrected chi connectivity index (χ0v) is 32.2. The molecule has 6 nitrogen and oxygen atoms in total. The molecule has 2 N–H and O–H groups in total. The van der Waals surface area contributed by atoms with Gasteiger partial charge in [0.2, 0.25) is 5.91 Å². The number of rotatable bonds is 36. The number of carbonyl (C=O) groups excluding carboxylic acids is 2. The molecule has 50 heavy (non-hydrogen) atoms. The van der Waals surface area contributed by atoms with Crippen molar-refractivity contribution in [3.05, 3.63) is 60.8 Å². The first-order valence-electron chi connectivity index (χ1n) is 20.4. The van der Waals surface area contributed by atoms with Gasteiger partial charge in [-0.3, -0.25) is 14.4 Å². The topological polar surface area (TPSA) is 92.7 Å². The van der Waals surface area contributed by atoms with Crippen molar-refractivity contribution in [2.24, 2.45) is 0 Å². The molecule has 0 bridgehead atoms. The van der Waals surface area contributed by atoms with E-state index in [2.05, 4.69) is 79.9 Å². The highest BCUT2D eigenvalue weighted by Gasteiger charge is 2.14. The fourth-order valence-corrected chi connectivity index (χ4v) is 5.70. The molecule has 286 valence electrons. The van der Waals surface area contributed by atoms with Crippen LogP contribution in [0.25, 0.3) is 0 Å². The standard InChI is InChI=1S/C44H75NO5/c1-3-5-7-9-11-13-15-17-18-20-21-23-25-28-32-36-41(37-33-29-27-30-34-38-42(46)45-40-43(47)48)50-44(49)39-35-31-26-24-22-19-16-14-12-10-8-6-4-2/h6,8,12,14,19-22,26,31,41H,3-5,7,9-11,13,15-18,23-25,27-30,32-40H2,1-2H3,(H,45,46)(H,47,48)/b8-6-,14-12-,21-20-,22-19-,31-26-. The van der Waals surface area contributed by atoms with Crippen molar-refractivity contribution in [1.29, 1.82) is 0 Å². The Bertz CT molecular complexity index is 948. The fraction of sp³-hybridized carbons (Fsp3) is 0.705. The summed E-state index contributed by atoms with van der Waals surface area (Å²) < 4.78 is 5.97. The van der Waals surface area contributed by atoms with Gasteiger partial charge in [-0.05, 0) is 89.9 Å². The first kappa shape index (κ1) is 47.1. The number of nitrogens with one attached hydrogen (secondary N) is 1. The van der Waals surface area contributed by atoms with Gasteiger partial charge in [0.25, 0.3) is 0 Å². The third-order valence-corrected chi connectivity index (χ3v) is 8.69. The number of allylic oxidation sites excluding steroid dienone is 10. The molecule has 0 aliphatic heterocycles. The maximum Gasteiger partial charge on any atom is 0.322 e. The number of amides is 1. The number of hydrogen-bond acceptors (Lipinski definition) is 4. The van der Waals surface area contributed by atoms with Gasteiger partial charge in [0.1, 0.15) is 12.6 Å². The van der Waals surface area contributed by atoms with Gasteiger partial charge >= 0.3 is 11.9 Å². The Hall–Kier alpha value is -2.89. The maximum absolute atomic E-state index is 12.7. The lowest BCUT2D eigenvalue weighted by Crippen LogP contribution is -2.28. The van der Waals surface area contributed by atoms with E-state index in [1.54, 1.807) is 0 Å². The summed E-state index contributed by atoms with van der Waals surface area (Å²) in [6.07, 6.45) is 50.6. The molecule has 0 fully saturated rings. The van der Waals surface area contributed by atoms with Crippen LogP contribution in [0.5, 0.6) is 0 Å². The second-order valence-electron chi connectivity index (χ2n) is 13.5.